The highest BCUT2D eigenvalue weighted by Crippen LogP contribution is 2.14. The van der Waals surface area contributed by atoms with Crippen molar-refractivity contribution in [2.24, 2.45) is 5.73 Å². The third-order valence-electron chi connectivity index (χ3n) is 5.06. The van der Waals surface area contributed by atoms with E-state index < -0.39 is 5.82 Å². The highest BCUT2D eigenvalue weighted by molar-refractivity contribution is 5.95. The van der Waals surface area contributed by atoms with Crippen LogP contribution in [0.2, 0.25) is 0 Å². The van der Waals surface area contributed by atoms with Crippen molar-refractivity contribution in [3.05, 3.63) is 65.5 Å². The van der Waals surface area contributed by atoms with Crippen LogP contribution < -0.4 is 11.1 Å². The van der Waals surface area contributed by atoms with Gasteiger partial charge in [-0.1, -0.05) is 18.2 Å². The van der Waals surface area contributed by atoms with E-state index in [-0.39, 0.29) is 17.9 Å². The zero-order valence-corrected chi connectivity index (χ0v) is 15.9. The van der Waals surface area contributed by atoms with Crippen LogP contribution in [0.25, 0.3) is 0 Å². The van der Waals surface area contributed by atoms with Crippen molar-refractivity contribution in [3.8, 4) is 0 Å². The Morgan fingerprint density at radius 3 is 2.39 bits per heavy atom. The van der Waals surface area contributed by atoms with E-state index in [1.54, 1.807) is 29.2 Å². The molecule has 3 rings (SSSR count). The van der Waals surface area contributed by atoms with Gasteiger partial charge in [-0.15, -0.1) is 0 Å². The number of amides is 2. The van der Waals surface area contributed by atoms with E-state index in [2.05, 4.69) is 5.32 Å². The van der Waals surface area contributed by atoms with Crippen LogP contribution in [0.3, 0.4) is 0 Å². The molecule has 1 saturated heterocycles. The first-order chi connectivity index (χ1) is 13.5. The lowest BCUT2D eigenvalue weighted by Gasteiger charge is -2.37. The summed E-state index contributed by atoms with van der Waals surface area (Å²) in [5.74, 6) is -0.597. The second-order valence-electron chi connectivity index (χ2n) is 6.90. The molecule has 148 valence electrons. The van der Waals surface area contributed by atoms with Gasteiger partial charge in [-0.3, -0.25) is 14.5 Å². The number of carbonyl (C=O) groups is 2. The third kappa shape index (κ3) is 4.74. The average Bonchev–Trinajstić information content (AvgIpc) is 2.73. The molecule has 3 N–H and O–H groups in total. The van der Waals surface area contributed by atoms with Crippen molar-refractivity contribution in [2.45, 2.75) is 19.5 Å². The Morgan fingerprint density at radius 1 is 1.11 bits per heavy atom. The zero-order chi connectivity index (χ0) is 20.1. The summed E-state index contributed by atoms with van der Waals surface area (Å²) in [6.07, 6.45) is 0. The van der Waals surface area contributed by atoms with Gasteiger partial charge in [-0.05, 0) is 42.8 Å². The van der Waals surface area contributed by atoms with E-state index in [0.29, 0.717) is 44.0 Å². The van der Waals surface area contributed by atoms with Crippen LogP contribution in [-0.2, 0) is 11.3 Å². The van der Waals surface area contributed by atoms with Gasteiger partial charge in [0.15, 0.2) is 0 Å². The fraction of sp³-hybridized carbons (Fsp3) is 0.333. The number of rotatable bonds is 5. The smallest absolute Gasteiger partial charge is 0.253 e. The van der Waals surface area contributed by atoms with E-state index in [9.17, 15) is 14.0 Å². The van der Waals surface area contributed by atoms with Crippen LogP contribution in [0.15, 0.2) is 48.5 Å². The van der Waals surface area contributed by atoms with E-state index in [0.717, 1.165) is 5.56 Å². The quantitative estimate of drug-likeness (QED) is 0.827. The molecule has 6 nitrogen and oxygen atoms in total. The minimum atomic E-state index is -0.392. The van der Waals surface area contributed by atoms with Crippen molar-refractivity contribution >= 4 is 17.5 Å². The number of anilines is 1. The molecule has 1 atom stereocenters. The van der Waals surface area contributed by atoms with Crippen LogP contribution in [0.4, 0.5) is 10.1 Å². The SMILES string of the molecule is CC(C(=O)Nc1cccc(F)c1)N1CCN(C(=O)c2ccc(CN)cc2)CC1. The number of carbonyl (C=O) groups excluding carboxylic acids is 2. The number of nitrogens with two attached hydrogens (primary N) is 1. The Kier molecular flexibility index (Phi) is 6.38. The lowest BCUT2D eigenvalue weighted by Crippen LogP contribution is -2.54. The molecule has 7 heteroatoms. The average molecular weight is 384 g/mol. The van der Waals surface area contributed by atoms with Crippen molar-refractivity contribution in [3.63, 3.8) is 0 Å². The van der Waals surface area contributed by atoms with Gasteiger partial charge in [-0.25, -0.2) is 4.39 Å². The van der Waals surface area contributed by atoms with Crippen LogP contribution in [-0.4, -0.2) is 53.8 Å². The number of nitrogens with one attached hydrogen (secondary N) is 1. The molecule has 2 aromatic carbocycles. The highest BCUT2D eigenvalue weighted by atomic mass is 19.1. The van der Waals surface area contributed by atoms with Crippen molar-refractivity contribution < 1.29 is 14.0 Å². The maximum absolute atomic E-state index is 13.3. The number of piperazine rings is 1. The van der Waals surface area contributed by atoms with Gasteiger partial charge in [0.1, 0.15) is 5.82 Å². The molecule has 1 fully saturated rings. The van der Waals surface area contributed by atoms with Gasteiger partial charge in [0.05, 0.1) is 6.04 Å². The molecule has 2 amide bonds. The van der Waals surface area contributed by atoms with Crippen LogP contribution in [0.1, 0.15) is 22.8 Å². The van der Waals surface area contributed by atoms with Crippen molar-refractivity contribution in [2.75, 3.05) is 31.5 Å². The summed E-state index contributed by atoms with van der Waals surface area (Å²) in [6.45, 7) is 4.57. The molecule has 28 heavy (non-hydrogen) atoms. The van der Waals surface area contributed by atoms with Crippen molar-refractivity contribution in [1.82, 2.24) is 9.80 Å². The molecular formula is C21H25FN4O2. The second kappa shape index (κ2) is 8.95. The maximum atomic E-state index is 13.3. The number of benzene rings is 2. The Labute approximate surface area is 164 Å². The fourth-order valence-electron chi connectivity index (χ4n) is 3.26. The topological polar surface area (TPSA) is 78.7 Å². The molecule has 0 aromatic heterocycles. The highest BCUT2D eigenvalue weighted by Gasteiger charge is 2.28. The number of halogens is 1. The number of nitrogens with zero attached hydrogens (tertiary/aromatic N) is 2. The summed E-state index contributed by atoms with van der Waals surface area (Å²) >= 11 is 0. The van der Waals surface area contributed by atoms with E-state index >= 15 is 0 Å². The molecule has 0 saturated carbocycles. The molecule has 1 aliphatic rings. The third-order valence-corrected chi connectivity index (χ3v) is 5.06. The predicted molar refractivity (Wildman–Crippen MR) is 106 cm³/mol. The molecule has 0 radical (unpaired) electrons. The summed E-state index contributed by atoms with van der Waals surface area (Å²) in [5.41, 5.74) is 7.65. The Hall–Kier alpha value is -2.77. The fourth-order valence-corrected chi connectivity index (χ4v) is 3.26. The minimum absolute atomic E-state index is 0.0138. The van der Waals surface area contributed by atoms with Crippen LogP contribution in [0, 0.1) is 5.82 Å². The Bertz CT molecular complexity index is 833. The largest absolute Gasteiger partial charge is 0.336 e. The number of hydrogen-bond donors (Lipinski definition) is 2. The Balaban J connectivity index is 1.53. The number of hydrogen-bond acceptors (Lipinski definition) is 4. The summed E-state index contributed by atoms with van der Waals surface area (Å²) in [4.78, 5) is 28.9. The normalized spacial score (nSPS) is 15.9. The first-order valence-electron chi connectivity index (χ1n) is 9.36. The van der Waals surface area contributed by atoms with Gasteiger partial charge in [0.25, 0.3) is 5.91 Å². The van der Waals surface area contributed by atoms with Gasteiger partial charge < -0.3 is 16.0 Å². The van der Waals surface area contributed by atoms with E-state index in [1.807, 2.05) is 24.0 Å². The summed E-state index contributed by atoms with van der Waals surface area (Å²) in [7, 11) is 0. The monoisotopic (exact) mass is 384 g/mol. The van der Waals surface area contributed by atoms with Crippen LogP contribution >= 0.6 is 0 Å². The molecule has 1 unspecified atom stereocenters. The zero-order valence-electron chi connectivity index (χ0n) is 15.9. The van der Waals surface area contributed by atoms with Gasteiger partial charge >= 0.3 is 0 Å². The van der Waals surface area contributed by atoms with Gasteiger partial charge in [0, 0.05) is 44.0 Å². The standard InChI is InChI=1S/C21H25FN4O2/c1-15(20(27)24-19-4-2-3-18(22)13-19)25-9-11-26(12-10-25)21(28)17-7-5-16(14-23)6-8-17/h2-8,13,15H,9-12,14,23H2,1H3,(H,24,27). The molecule has 1 heterocycles. The Morgan fingerprint density at radius 2 is 1.79 bits per heavy atom. The van der Waals surface area contributed by atoms with Crippen LogP contribution in [0.5, 0.6) is 0 Å². The molecule has 2 aromatic rings. The first-order valence-corrected chi connectivity index (χ1v) is 9.36. The molecule has 0 aliphatic carbocycles. The lowest BCUT2D eigenvalue weighted by atomic mass is 10.1. The first kappa shape index (κ1) is 20.0. The molecule has 1 aliphatic heterocycles. The molecular weight excluding hydrogens is 359 g/mol. The van der Waals surface area contributed by atoms with Crippen molar-refractivity contribution in [1.29, 1.82) is 0 Å². The molecule has 0 spiro atoms. The minimum Gasteiger partial charge on any atom is -0.336 e. The predicted octanol–water partition coefficient (Wildman–Crippen LogP) is 2.07. The summed E-state index contributed by atoms with van der Waals surface area (Å²) in [6, 6.07) is 12.8. The van der Waals surface area contributed by atoms with E-state index in [1.165, 1.54) is 12.1 Å². The summed E-state index contributed by atoms with van der Waals surface area (Å²) < 4.78 is 13.3. The van der Waals surface area contributed by atoms with E-state index in [4.69, 9.17) is 5.73 Å². The van der Waals surface area contributed by atoms with Gasteiger partial charge in [0.2, 0.25) is 5.91 Å². The van der Waals surface area contributed by atoms with Gasteiger partial charge in [-0.2, -0.15) is 0 Å². The maximum Gasteiger partial charge on any atom is 0.253 e. The second-order valence-corrected chi connectivity index (χ2v) is 6.90. The summed E-state index contributed by atoms with van der Waals surface area (Å²) in [5, 5.41) is 2.74. The lowest BCUT2D eigenvalue weighted by molar-refractivity contribution is -0.121. The molecule has 0 bridgehead atoms.